The third-order valence-corrected chi connectivity index (χ3v) is 3.53. The Labute approximate surface area is 131 Å². The zero-order chi connectivity index (χ0) is 14.5. The predicted octanol–water partition coefficient (Wildman–Crippen LogP) is 5.38. The van der Waals surface area contributed by atoms with Crippen LogP contribution in [0, 0.1) is 0 Å². The standard InChI is InChI=1S/C17H13BrN2O/c18-14-12-19-11-10-15(14)20-16-8-4-5-9-17(16)21-13-6-2-1-3-7-13/h1-12H,(H,19,20). The molecule has 1 aromatic heterocycles. The molecule has 0 aliphatic heterocycles. The van der Waals surface area contributed by atoms with Gasteiger partial charge in [0.2, 0.25) is 0 Å². The Morgan fingerprint density at radius 1 is 0.857 bits per heavy atom. The van der Waals surface area contributed by atoms with Crippen molar-refractivity contribution in [3.8, 4) is 11.5 Å². The van der Waals surface area contributed by atoms with Crippen molar-refractivity contribution in [1.82, 2.24) is 4.98 Å². The number of halogens is 1. The van der Waals surface area contributed by atoms with E-state index in [4.69, 9.17) is 4.74 Å². The summed E-state index contributed by atoms with van der Waals surface area (Å²) in [4.78, 5) is 4.06. The molecule has 0 fully saturated rings. The highest BCUT2D eigenvalue weighted by Gasteiger charge is 2.06. The number of hydrogen-bond acceptors (Lipinski definition) is 3. The molecule has 1 heterocycles. The molecule has 0 unspecified atom stereocenters. The first-order chi connectivity index (χ1) is 10.3. The minimum absolute atomic E-state index is 0.771. The number of anilines is 2. The summed E-state index contributed by atoms with van der Waals surface area (Å²) in [7, 11) is 0. The summed E-state index contributed by atoms with van der Waals surface area (Å²) < 4.78 is 6.83. The van der Waals surface area contributed by atoms with Crippen LogP contribution in [0.4, 0.5) is 11.4 Å². The molecule has 104 valence electrons. The fraction of sp³-hybridized carbons (Fsp3) is 0. The number of aromatic nitrogens is 1. The lowest BCUT2D eigenvalue weighted by atomic mass is 10.2. The van der Waals surface area contributed by atoms with Gasteiger partial charge in [0.05, 0.1) is 15.8 Å². The lowest BCUT2D eigenvalue weighted by Crippen LogP contribution is -1.95. The average Bonchev–Trinajstić information content (AvgIpc) is 2.52. The third kappa shape index (κ3) is 3.41. The quantitative estimate of drug-likeness (QED) is 0.692. The second kappa shape index (κ2) is 6.41. The van der Waals surface area contributed by atoms with Gasteiger partial charge in [-0.2, -0.15) is 0 Å². The molecular formula is C17H13BrN2O. The minimum Gasteiger partial charge on any atom is -0.455 e. The van der Waals surface area contributed by atoms with Gasteiger partial charge >= 0.3 is 0 Å². The molecule has 0 bridgehead atoms. The van der Waals surface area contributed by atoms with E-state index in [1.165, 1.54) is 0 Å². The second-order valence-electron chi connectivity index (χ2n) is 4.39. The van der Waals surface area contributed by atoms with E-state index >= 15 is 0 Å². The van der Waals surface area contributed by atoms with Crippen molar-refractivity contribution in [2.24, 2.45) is 0 Å². The summed E-state index contributed by atoms with van der Waals surface area (Å²) >= 11 is 3.48. The van der Waals surface area contributed by atoms with Crippen molar-refractivity contribution in [3.63, 3.8) is 0 Å². The molecular weight excluding hydrogens is 328 g/mol. The van der Waals surface area contributed by atoms with Gasteiger partial charge in [0.1, 0.15) is 5.75 Å². The van der Waals surface area contributed by atoms with E-state index in [0.717, 1.165) is 27.3 Å². The molecule has 2 aromatic carbocycles. The van der Waals surface area contributed by atoms with Gasteiger partial charge in [-0.3, -0.25) is 4.98 Å². The third-order valence-electron chi connectivity index (χ3n) is 2.90. The summed E-state index contributed by atoms with van der Waals surface area (Å²) in [6, 6.07) is 19.5. The number of hydrogen-bond donors (Lipinski definition) is 1. The number of pyridine rings is 1. The van der Waals surface area contributed by atoms with E-state index in [0.29, 0.717) is 0 Å². The molecule has 0 aliphatic carbocycles. The molecule has 0 radical (unpaired) electrons. The molecule has 0 amide bonds. The van der Waals surface area contributed by atoms with Crippen molar-refractivity contribution >= 4 is 27.3 Å². The summed E-state index contributed by atoms with van der Waals surface area (Å²) in [6.07, 6.45) is 3.50. The van der Waals surface area contributed by atoms with Gasteiger partial charge in [0.15, 0.2) is 5.75 Å². The average molecular weight is 341 g/mol. The Morgan fingerprint density at radius 3 is 2.43 bits per heavy atom. The van der Waals surface area contributed by atoms with Crippen molar-refractivity contribution in [1.29, 1.82) is 0 Å². The summed E-state index contributed by atoms with van der Waals surface area (Å²) in [5, 5.41) is 3.35. The Hall–Kier alpha value is -2.33. The number of rotatable bonds is 4. The molecule has 1 N–H and O–H groups in total. The number of nitrogens with one attached hydrogen (secondary N) is 1. The maximum atomic E-state index is 5.93. The Kier molecular flexibility index (Phi) is 4.17. The van der Waals surface area contributed by atoms with E-state index in [-0.39, 0.29) is 0 Å². The van der Waals surface area contributed by atoms with Crippen molar-refractivity contribution < 1.29 is 4.74 Å². The van der Waals surface area contributed by atoms with Crippen molar-refractivity contribution in [3.05, 3.63) is 77.5 Å². The molecule has 21 heavy (non-hydrogen) atoms. The summed E-state index contributed by atoms with van der Waals surface area (Å²) in [5.74, 6) is 1.58. The zero-order valence-electron chi connectivity index (χ0n) is 11.2. The van der Waals surface area contributed by atoms with Crippen LogP contribution >= 0.6 is 15.9 Å². The predicted molar refractivity (Wildman–Crippen MR) is 88.2 cm³/mol. The maximum Gasteiger partial charge on any atom is 0.150 e. The largest absolute Gasteiger partial charge is 0.455 e. The summed E-state index contributed by atoms with van der Waals surface area (Å²) in [5.41, 5.74) is 1.84. The first-order valence-electron chi connectivity index (χ1n) is 6.51. The van der Waals surface area contributed by atoms with Crippen LogP contribution in [0.25, 0.3) is 0 Å². The normalized spacial score (nSPS) is 10.1. The van der Waals surface area contributed by atoms with Crippen LogP contribution in [-0.2, 0) is 0 Å². The van der Waals surface area contributed by atoms with Gasteiger partial charge in [0, 0.05) is 12.4 Å². The molecule has 3 aromatic rings. The van der Waals surface area contributed by atoms with E-state index in [1.807, 2.05) is 60.7 Å². The Morgan fingerprint density at radius 2 is 1.62 bits per heavy atom. The molecule has 0 saturated carbocycles. The van der Waals surface area contributed by atoms with Crippen molar-refractivity contribution in [2.75, 3.05) is 5.32 Å². The molecule has 4 heteroatoms. The van der Waals surface area contributed by atoms with E-state index in [2.05, 4.69) is 26.2 Å². The fourth-order valence-electron chi connectivity index (χ4n) is 1.90. The highest BCUT2D eigenvalue weighted by molar-refractivity contribution is 9.10. The van der Waals surface area contributed by atoms with Crippen LogP contribution in [0.3, 0.4) is 0 Å². The van der Waals surface area contributed by atoms with Crippen LogP contribution in [0.15, 0.2) is 77.5 Å². The van der Waals surface area contributed by atoms with E-state index in [1.54, 1.807) is 12.4 Å². The fourth-order valence-corrected chi connectivity index (χ4v) is 2.25. The topological polar surface area (TPSA) is 34.2 Å². The molecule has 3 nitrogen and oxygen atoms in total. The smallest absolute Gasteiger partial charge is 0.150 e. The molecule has 3 rings (SSSR count). The number of ether oxygens (including phenoxy) is 1. The van der Waals surface area contributed by atoms with Crippen LogP contribution in [0.2, 0.25) is 0 Å². The van der Waals surface area contributed by atoms with Gasteiger partial charge < -0.3 is 10.1 Å². The molecule has 0 spiro atoms. The van der Waals surface area contributed by atoms with Gasteiger partial charge in [0.25, 0.3) is 0 Å². The molecule has 0 aliphatic rings. The van der Waals surface area contributed by atoms with Gasteiger partial charge in [-0.1, -0.05) is 30.3 Å². The van der Waals surface area contributed by atoms with E-state index in [9.17, 15) is 0 Å². The van der Waals surface area contributed by atoms with Gasteiger partial charge in [-0.15, -0.1) is 0 Å². The monoisotopic (exact) mass is 340 g/mol. The molecule has 0 atom stereocenters. The highest BCUT2D eigenvalue weighted by atomic mass is 79.9. The number of benzene rings is 2. The second-order valence-corrected chi connectivity index (χ2v) is 5.25. The molecule has 0 saturated heterocycles. The highest BCUT2D eigenvalue weighted by Crippen LogP contribution is 2.33. The van der Waals surface area contributed by atoms with Gasteiger partial charge in [-0.25, -0.2) is 0 Å². The summed E-state index contributed by atoms with van der Waals surface area (Å²) in [6.45, 7) is 0. The Balaban J connectivity index is 1.88. The first-order valence-corrected chi connectivity index (χ1v) is 7.31. The van der Waals surface area contributed by atoms with Crippen LogP contribution in [0.1, 0.15) is 0 Å². The van der Waals surface area contributed by atoms with Crippen LogP contribution < -0.4 is 10.1 Å². The van der Waals surface area contributed by atoms with E-state index < -0.39 is 0 Å². The van der Waals surface area contributed by atoms with Crippen molar-refractivity contribution in [2.45, 2.75) is 0 Å². The minimum atomic E-state index is 0.771. The number of para-hydroxylation sites is 3. The number of nitrogens with zero attached hydrogens (tertiary/aromatic N) is 1. The Bertz CT molecular complexity index is 732. The van der Waals surface area contributed by atoms with Crippen LogP contribution in [0.5, 0.6) is 11.5 Å². The van der Waals surface area contributed by atoms with Crippen LogP contribution in [-0.4, -0.2) is 4.98 Å². The lowest BCUT2D eigenvalue weighted by molar-refractivity contribution is 0.485. The maximum absolute atomic E-state index is 5.93. The SMILES string of the molecule is Brc1cnccc1Nc1ccccc1Oc1ccccc1. The lowest BCUT2D eigenvalue weighted by Gasteiger charge is -2.13. The van der Waals surface area contributed by atoms with Gasteiger partial charge in [-0.05, 0) is 46.3 Å². The first kappa shape index (κ1) is 13.6. The zero-order valence-corrected chi connectivity index (χ0v) is 12.7.